The summed E-state index contributed by atoms with van der Waals surface area (Å²) in [6, 6.07) is 6.23. The number of rotatable bonds is 4. The maximum absolute atomic E-state index is 13.8. The van der Waals surface area contributed by atoms with E-state index in [0.717, 1.165) is 43.1 Å². The van der Waals surface area contributed by atoms with Crippen LogP contribution in [0.4, 0.5) is 24.5 Å². The van der Waals surface area contributed by atoms with Crippen LogP contribution in [0.5, 0.6) is 0 Å². The first-order valence-corrected chi connectivity index (χ1v) is 11.3. The van der Waals surface area contributed by atoms with Crippen LogP contribution in [0.15, 0.2) is 24.3 Å². The van der Waals surface area contributed by atoms with E-state index in [4.69, 9.17) is 4.74 Å². The Labute approximate surface area is 186 Å². The van der Waals surface area contributed by atoms with Crippen molar-refractivity contribution in [2.45, 2.75) is 58.2 Å². The van der Waals surface area contributed by atoms with E-state index in [1.807, 2.05) is 18.7 Å². The molecule has 0 bridgehead atoms. The molecule has 2 heterocycles. The average Bonchev–Trinajstić information content (AvgIpc) is 3.08. The lowest BCUT2D eigenvalue weighted by molar-refractivity contribution is -0.136. The van der Waals surface area contributed by atoms with Crippen molar-refractivity contribution in [3.63, 3.8) is 0 Å². The third-order valence-electron chi connectivity index (χ3n) is 6.60. The van der Waals surface area contributed by atoms with Gasteiger partial charge in [-0.1, -0.05) is 19.3 Å². The Morgan fingerprint density at radius 3 is 2.41 bits per heavy atom. The first-order valence-electron chi connectivity index (χ1n) is 11.3. The molecule has 1 saturated heterocycles. The van der Waals surface area contributed by atoms with Crippen molar-refractivity contribution in [1.82, 2.24) is 4.57 Å². The zero-order chi connectivity index (χ0) is 22.9. The van der Waals surface area contributed by atoms with Gasteiger partial charge in [-0.3, -0.25) is 4.79 Å². The molecule has 2 aromatic rings. The van der Waals surface area contributed by atoms with Crippen molar-refractivity contribution in [2.75, 3.05) is 36.5 Å². The standard InChI is InChI=1S/C24H30F3N3O2/c1-16-14-20(17(2)30(16)18-6-4-3-5-7-18)23(31)28-22-9-8-19(15-21(22)24(25,26)27)29-10-12-32-13-11-29/h8-9,14-15,18H,3-7,10-13H2,1-2H3,(H,28,31). The lowest BCUT2D eigenvalue weighted by Gasteiger charge is -2.29. The van der Waals surface area contributed by atoms with E-state index in [0.29, 0.717) is 43.6 Å². The highest BCUT2D eigenvalue weighted by molar-refractivity contribution is 6.05. The monoisotopic (exact) mass is 449 g/mol. The van der Waals surface area contributed by atoms with Crippen LogP contribution >= 0.6 is 0 Å². The van der Waals surface area contributed by atoms with E-state index < -0.39 is 17.6 Å². The van der Waals surface area contributed by atoms with Gasteiger partial charge >= 0.3 is 6.18 Å². The van der Waals surface area contributed by atoms with Crippen molar-refractivity contribution in [2.24, 2.45) is 0 Å². The largest absolute Gasteiger partial charge is 0.418 e. The molecule has 2 aliphatic rings. The van der Waals surface area contributed by atoms with E-state index in [-0.39, 0.29) is 5.69 Å². The second-order valence-electron chi connectivity index (χ2n) is 8.73. The molecule has 0 spiro atoms. The zero-order valence-corrected chi connectivity index (χ0v) is 18.6. The van der Waals surface area contributed by atoms with Gasteiger partial charge in [-0.25, -0.2) is 0 Å². The highest BCUT2D eigenvalue weighted by atomic mass is 19.4. The molecule has 1 aromatic carbocycles. The molecule has 4 rings (SSSR count). The number of ether oxygens (including phenoxy) is 1. The molecule has 32 heavy (non-hydrogen) atoms. The van der Waals surface area contributed by atoms with Crippen molar-refractivity contribution in [1.29, 1.82) is 0 Å². The number of halogens is 3. The van der Waals surface area contributed by atoms with Crippen LogP contribution in [-0.2, 0) is 10.9 Å². The SMILES string of the molecule is Cc1cc(C(=O)Nc2ccc(N3CCOCC3)cc2C(F)(F)F)c(C)n1C1CCCCC1. The molecule has 2 fully saturated rings. The van der Waals surface area contributed by atoms with Gasteiger partial charge in [0.05, 0.1) is 30.0 Å². The van der Waals surface area contributed by atoms with E-state index in [9.17, 15) is 18.0 Å². The summed E-state index contributed by atoms with van der Waals surface area (Å²) in [5.41, 5.74) is 1.63. The summed E-state index contributed by atoms with van der Waals surface area (Å²) in [5, 5.41) is 2.53. The third-order valence-corrected chi connectivity index (χ3v) is 6.60. The van der Waals surface area contributed by atoms with E-state index in [1.165, 1.54) is 12.5 Å². The summed E-state index contributed by atoms with van der Waals surface area (Å²) in [7, 11) is 0. The lowest BCUT2D eigenvalue weighted by Crippen LogP contribution is -2.36. The first kappa shape index (κ1) is 22.7. The molecule has 1 amide bonds. The van der Waals surface area contributed by atoms with Gasteiger partial charge in [-0.05, 0) is 51.0 Å². The zero-order valence-electron chi connectivity index (χ0n) is 18.6. The summed E-state index contributed by atoms with van der Waals surface area (Å²) < 4.78 is 49.0. The van der Waals surface area contributed by atoms with E-state index in [2.05, 4.69) is 9.88 Å². The Kier molecular flexibility index (Phi) is 6.51. The fourth-order valence-corrected chi connectivity index (χ4v) is 4.99. The minimum absolute atomic E-state index is 0.220. The summed E-state index contributed by atoms with van der Waals surface area (Å²) in [5.74, 6) is -0.509. The second-order valence-corrected chi connectivity index (χ2v) is 8.73. The minimum Gasteiger partial charge on any atom is -0.378 e. The van der Waals surface area contributed by atoms with Crippen LogP contribution in [0.25, 0.3) is 0 Å². The topological polar surface area (TPSA) is 46.5 Å². The number of nitrogens with one attached hydrogen (secondary N) is 1. The number of carbonyl (C=O) groups excluding carboxylic acids is 1. The fraction of sp³-hybridized carbons (Fsp3) is 0.542. The first-order chi connectivity index (χ1) is 15.3. The molecule has 1 N–H and O–H groups in total. The molecule has 8 heteroatoms. The number of aromatic nitrogens is 1. The van der Waals surface area contributed by atoms with Crippen LogP contribution in [-0.4, -0.2) is 36.8 Å². The second kappa shape index (κ2) is 9.17. The number of aryl methyl sites for hydroxylation is 1. The van der Waals surface area contributed by atoms with Crippen molar-refractivity contribution in [3.05, 3.63) is 46.8 Å². The number of hydrogen-bond donors (Lipinski definition) is 1. The van der Waals surface area contributed by atoms with Crippen molar-refractivity contribution >= 4 is 17.3 Å². The average molecular weight is 450 g/mol. The fourth-order valence-electron chi connectivity index (χ4n) is 4.99. The van der Waals surface area contributed by atoms with Crippen LogP contribution in [0.1, 0.15) is 65.5 Å². The van der Waals surface area contributed by atoms with Gasteiger partial charge in [-0.15, -0.1) is 0 Å². The van der Waals surface area contributed by atoms with Gasteiger partial charge in [0.1, 0.15) is 0 Å². The van der Waals surface area contributed by atoms with Crippen LogP contribution < -0.4 is 10.2 Å². The Bertz CT molecular complexity index is 972. The number of hydrogen-bond acceptors (Lipinski definition) is 3. The number of amides is 1. The van der Waals surface area contributed by atoms with Gasteiger partial charge in [-0.2, -0.15) is 13.2 Å². The highest BCUT2D eigenvalue weighted by Crippen LogP contribution is 2.38. The van der Waals surface area contributed by atoms with Crippen molar-refractivity contribution < 1.29 is 22.7 Å². The molecule has 1 saturated carbocycles. The van der Waals surface area contributed by atoms with Gasteiger partial charge in [0.15, 0.2) is 0 Å². The van der Waals surface area contributed by atoms with Gasteiger partial charge in [0.25, 0.3) is 5.91 Å². The number of anilines is 2. The van der Waals surface area contributed by atoms with Crippen LogP contribution in [0.3, 0.4) is 0 Å². The third kappa shape index (κ3) is 4.65. The summed E-state index contributed by atoms with van der Waals surface area (Å²) in [6.07, 6.45) is 1.10. The summed E-state index contributed by atoms with van der Waals surface area (Å²) in [6.45, 7) is 5.87. The number of carbonyl (C=O) groups is 1. The maximum Gasteiger partial charge on any atom is 0.418 e. The van der Waals surface area contributed by atoms with E-state index >= 15 is 0 Å². The molecular weight excluding hydrogens is 419 g/mol. The predicted molar refractivity (Wildman–Crippen MR) is 118 cm³/mol. The Balaban J connectivity index is 1.60. The van der Waals surface area contributed by atoms with Crippen LogP contribution in [0.2, 0.25) is 0 Å². The lowest BCUT2D eigenvalue weighted by atomic mass is 9.95. The Hall–Kier alpha value is -2.48. The minimum atomic E-state index is -4.58. The smallest absolute Gasteiger partial charge is 0.378 e. The quantitative estimate of drug-likeness (QED) is 0.650. The molecule has 0 radical (unpaired) electrons. The summed E-state index contributed by atoms with van der Waals surface area (Å²) >= 11 is 0. The number of nitrogens with zero attached hydrogens (tertiary/aromatic N) is 2. The molecule has 1 aromatic heterocycles. The molecule has 1 aliphatic heterocycles. The number of alkyl halides is 3. The van der Waals surface area contributed by atoms with Crippen LogP contribution in [0, 0.1) is 13.8 Å². The maximum atomic E-state index is 13.8. The molecule has 174 valence electrons. The molecule has 0 atom stereocenters. The molecular formula is C24H30F3N3O2. The number of morpholine rings is 1. The highest BCUT2D eigenvalue weighted by Gasteiger charge is 2.35. The van der Waals surface area contributed by atoms with Gasteiger partial charge in [0, 0.05) is 36.2 Å². The molecule has 0 unspecified atom stereocenters. The Morgan fingerprint density at radius 1 is 1.06 bits per heavy atom. The predicted octanol–water partition coefficient (Wildman–Crippen LogP) is 5.72. The molecule has 1 aliphatic carbocycles. The van der Waals surface area contributed by atoms with Crippen molar-refractivity contribution in [3.8, 4) is 0 Å². The molecule has 5 nitrogen and oxygen atoms in total. The summed E-state index contributed by atoms with van der Waals surface area (Å²) in [4.78, 5) is 14.9. The van der Waals surface area contributed by atoms with E-state index in [1.54, 1.807) is 12.1 Å². The normalized spacial score (nSPS) is 18.1. The Morgan fingerprint density at radius 2 is 1.75 bits per heavy atom. The van der Waals surface area contributed by atoms with Gasteiger partial charge < -0.3 is 19.5 Å². The number of benzene rings is 1. The van der Waals surface area contributed by atoms with Gasteiger partial charge in [0.2, 0.25) is 0 Å².